The van der Waals surface area contributed by atoms with Crippen LogP contribution >= 0.6 is 11.6 Å². The van der Waals surface area contributed by atoms with E-state index in [-0.39, 0.29) is 11.3 Å². The quantitative estimate of drug-likeness (QED) is 0.639. The largest absolute Gasteiger partial charge is 0.288 e. The number of rotatable bonds is 1. The van der Waals surface area contributed by atoms with Crippen molar-refractivity contribution < 1.29 is 4.79 Å². The van der Waals surface area contributed by atoms with Gasteiger partial charge in [0.2, 0.25) is 5.24 Å². The smallest absolute Gasteiger partial charge is 0.243 e. The highest BCUT2D eigenvalue weighted by Crippen LogP contribution is 2.33. The minimum absolute atomic E-state index is 0.252. The van der Waals surface area contributed by atoms with Gasteiger partial charge in [0.1, 0.15) is 6.04 Å². The van der Waals surface area contributed by atoms with Crippen LogP contribution in [0.2, 0.25) is 0 Å². The van der Waals surface area contributed by atoms with E-state index < -0.39 is 0 Å². The van der Waals surface area contributed by atoms with Crippen LogP contribution in [0.3, 0.4) is 0 Å². The van der Waals surface area contributed by atoms with Gasteiger partial charge in [-0.25, -0.2) is 0 Å². The third-order valence-corrected chi connectivity index (χ3v) is 2.63. The lowest BCUT2D eigenvalue weighted by Crippen LogP contribution is -2.21. The summed E-state index contributed by atoms with van der Waals surface area (Å²) in [6.45, 7) is 0.805. The molecule has 0 amide bonds. The minimum Gasteiger partial charge on any atom is -0.288 e. The van der Waals surface area contributed by atoms with Crippen molar-refractivity contribution in [2.45, 2.75) is 12.6 Å². The topological polar surface area (TPSA) is 20.3 Å². The number of halogens is 1. The molecule has 0 saturated carbocycles. The summed E-state index contributed by atoms with van der Waals surface area (Å²) in [5.74, 6) is 0. The molecule has 1 aromatic carbocycles. The molecule has 2 rings (SSSR count). The van der Waals surface area contributed by atoms with Crippen LogP contribution in [0.15, 0.2) is 24.3 Å². The van der Waals surface area contributed by atoms with Crippen LogP contribution in [0.4, 0.5) is 0 Å². The molecular weight excluding hydrogens is 186 g/mol. The van der Waals surface area contributed by atoms with Gasteiger partial charge >= 0.3 is 0 Å². The second-order valence-electron chi connectivity index (χ2n) is 3.32. The van der Waals surface area contributed by atoms with Gasteiger partial charge in [-0.2, -0.15) is 0 Å². The van der Waals surface area contributed by atoms with Crippen molar-refractivity contribution in [3.8, 4) is 0 Å². The van der Waals surface area contributed by atoms with Gasteiger partial charge < -0.3 is 0 Å². The number of hydrogen-bond donors (Lipinski definition) is 0. The first kappa shape index (κ1) is 8.73. The van der Waals surface area contributed by atoms with Crippen LogP contribution in [0, 0.1) is 0 Å². The summed E-state index contributed by atoms with van der Waals surface area (Å²) in [5, 5.41) is -0.299. The Morgan fingerprint density at radius 3 is 2.92 bits per heavy atom. The van der Waals surface area contributed by atoms with Gasteiger partial charge in [0.25, 0.3) is 0 Å². The van der Waals surface area contributed by atoms with Crippen molar-refractivity contribution in [2.24, 2.45) is 0 Å². The summed E-state index contributed by atoms with van der Waals surface area (Å²) in [4.78, 5) is 13.1. The maximum atomic E-state index is 11.1. The Bertz CT molecular complexity index is 351. The average Bonchev–Trinajstić information content (AvgIpc) is 2.39. The van der Waals surface area contributed by atoms with Crippen molar-refractivity contribution in [3.63, 3.8) is 0 Å². The lowest BCUT2D eigenvalue weighted by molar-refractivity contribution is -0.115. The van der Waals surface area contributed by atoms with Gasteiger partial charge in [0, 0.05) is 6.54 Å². The van der Waals surface area contributed by atoms with E-state index in [4.69, 9.17) is 11.6 Å². The zero-order valence-electron chi connectivity index (χ0n) is 7.33. The first-order valence-corrected chi connectivity index (χ1v) is 4.55. The summed E-state index contributed by atoms with van der Waals surface area (Å²) >= 11 is 5.53. The Morgan fingerprint density at radius 1 is 1.54 bits per heavy atom. The zero-order chi connectivity index (χ0) is 9.42. The van der Waals surface area contributed by atoms with Gasteiger partial charge in [-0.1, -0.05) is 24.3 Å². The van der Waals surface area contributed by atoms with Crippen LogP contribution in [-0.4, -0.2) is 17.2 Å². The van der Waals surface area contributed by atoms with Crippen LogP contribution in [0.5, 0.6) is 0 Å². The number of fused-ring (bicyclic) bond motifs is 1. The number of carbonyl (C=O) groups is 1. The fraction of sp³-hybridized carbons (Fsp3) is 0.300. The summed E-state index contributed by atoms with van der Waals surface area (Å²) in [7, 11) is 1.91. The maximum absolute atomic E-state index is 11.1. The Kier molecular flexibility index (Phi) is 2.10. The fourth-order valence-corrected chi connectivity index (χ4v) is 2.12. The lowest BCUT2D eigenvalue weighted by Gasteiger charge is -2.15. The monoisotopic (exact) mass is 195 g/mol. The van der Waals surface area contributed by atoms with Crippen molar-refractivity contribution in [1.29, 1.82) is 0 Å². The first-order chi connectivity index (χ1) is 6.20. The molecule has 13 heavy (non-hydrogen) atoms. The van der Waals surface area contributed by atoms with Crippen LogP contribution in [0.1, 0.15) is 17.2 Å². The van der Waals surface area contributed by atoms with E-state index in [9.17, 15) is 4.79 Å². The first-order valence-electron chi connectivity index (χ1n) is 4.17. The van der Waals surface area contributed by atoms with Crippen LogP contribution in [0.25, 0.3) is 0 Å². The standard InChI is InChI=1S/C10H10ClNO/c1-12-6-7-4-2-3-5-8(7)9(12)10(11)13/h2-5,9H,6H2,1H3. The molecule has 68 valence electrons. The highest BCUT2D eigenvalue weighted by atomic mass is 35.5. The minimum atomic E-state index is -0.299. The van der Waals surface area contributed by atoms with Crippen molar-refractivity contribution >= 4 is 16.8 Å². The van der Waals surface area contributed by atoms with Crippen molar-refractivity contribution in [3.05, 3.63) is 35.4 Å². The predicted molar refractivity (Wildman–Crippen MR) is 51.5 cm³/mol. The second kappa shape index (κ2) is 3.13. The van der Waals surface area contributed by atoms with Gasteiger partial charge in [-0.05, 0) is 29.8 Å². The van der Waals surface area contributed by atoms with E-state index >= 15 is 0 Å². The number of nitrogens with zero attached hydrogens (tertiary/aromatic N) is 1. The molecule has 0 saturated heterocycles. The molecule has 1 unspecified atom stereocenters. The van der Waals surface area contributed by atoms with Crippen molar-refractivity contribution in [2.75, 3.05) is 7.05 Å². The van der Waals surface area contributed by atoms with E-state index in [2.05, 4.69) is 0 Å². The molecule has 1 heterocycles. The molecule has 0 N–H and O–H groups in total. The van der Waals surface area contributed by atoms with Gasteiger partial charge in [0.05, 0.1) is 0 Å². The zero-order valence-corrected chi connectivity index (χ0v) is 8.08. The van der Waals surface area contributed by atoms with E-state index in [0.717, 1.165) is 12.1 Å². The molecule has 0 spiro atoms. The highest BCUT2D eigenvalue weighted by Gasteiger charge is 2.31. The van der Waals surface area contributed by atoms with Crippen molar-refractivity contribution in [1.82, 2.24) is 4.90 Å². The molecule has 0 fully saturated rings. The fourth-order valence-electron chi connectivity index (χ4n) is 1.84. The maximum Gasteiger partial charge on any atom is 0.243 e. The Hall–Kier alpha value is -0.860. The van der Waals surface area contributed by atoms with Gasteiger partial charge in [-0.15, -0.1) is 0 Å². The second-order valence-corrected chi connectivity index (χ2v) is 3.69. The van der Waals surface area contributed by atoms with E-state index in [0.29, 0.717) is 0 Å². The molecule has 0 bridgehead atoms. The summed E-state index contributed by atoms with van der Waals surface area (Å²) in [5.41, 5.74) is 2.24. The summed E-state index contributed by atoms with van der Waals surface area (Å²) in [6.07, 6.45) is 0. The Balaban J connectivity index is 2.46. The SMILES string of the molecule is CN1Cc2ccccc2C1C(=O)Cl. The molecule has 1 aromatic rings. The molecule has 0 radical (unpaired) electrons. The number of likely N-dealkylation sites (N-methyl/N-ethyl adjacent to an activating group) is 1. The van der Waals surface area contributed by atoms with Gasteiger partial charge in [-0.3, -0.25) is 9.69 Å². The number of hydrogen-bond acceptors (Lipinski definition) is 2. The molecule has 0 aliphatic carbocycles. The molecule has 1 atom stereocenters. The third kappa shape index (κ3) is 1.36. The molecule has 3 heteroatoms. The summed E-state index contributed by atoms with van der Waals surface area (Å²) < 4.78 is 0. The normalized spacial score (nSPS) is 21.5. The lowest BCUT2D eigenvalue weighted by atomic mass is 10.1. The highest BCUT2D eigenvalue weighted by molar-refractivity contribution is 6.64. The molecule has 2 nitrogen and oxygen atoms in total. The third-order valence-electron chi connectivity index (χ3n) is 2.43. The summed E-state index contributed by atoms with van der Waals surface area (Å²) in [6, 6.07) is 7.66. The molecule has 1 aliphatic rings. The van der Waals surface area contributed by atoms with Crippen LogP contribution < -0.4 is 0 Å². The molecule has 1 aliphatic heterocycles. The van der Waals surface area contributed by atoms with E-state index in [1.54, 1.807) is 0 Å². The Morgan fingerprint density at radius 2 is 2.23 bits per heavy atom. The average molecular weight is 196 g/mol. The van der Waals surface area contributed by atoms with Crippen LogP contribution in [-0.2, 0) is 11.3 Å². The Labute approximate surface area is 82.1 Å². The number of benzene rings is 1. The van der Waals surface area contributed by atoms with E-state index in [1.165, 1.54) is 5.56 Å². The molecule has 0 aromatic heterocycles. The number of carbonyl (C=O) groups excluding carboxylic acids is 1. The predicted octanol–water partition coefficient (Wildman–Crippen LogP) is 1.94. The van der Waals surface area contributed by atoms with E-state index in [1.807, 2.05) is 36.2 Å². The molecular formula is C10H10ClNO. The van der Waals surface area contributed by atoms with Gasteiger partial charge in [0.15, 0.2) is 0 Å².